The van der Waals surface area contributed by atoms with Gasteiger partial charge in [0.25, 0.3) is 0 Å². The maximum absolute atomic E-state index is 6.00. The van der Waals surface area contributed by atoms with E-state index in [2.05, 4.69) is 21.1 Å². The molecule has 2 aliphatic heterocycles. The van der Waals surface area contributed by atoms with Crippen LogP contribution in [0.1, 0.15) is 37.7 Å². The van der Waals surface area contributed by atoms with Crippen molar-refractivity contribution in [3.63, 3.8) is 0 Å². The fourth-order valence-corrected chi connectivity index (χ4v) is 3.40. The van der Waals surface area contributed by atoms with E-state index in [9.17, 15) is 0 Å². The molecule has 1 aromatic rings. The minimum Gasteiger partial charge on any atom is -0.372 e. The summed E-state index contributed by atoms with van der Waals surface area (Å²) >= 11 is 0. The zero-order valence-electron chi connectivity index (χ0n) is 11.1. The maximum atomic E-state index is 6.00. The van der Waals surface area contributed by atoms with Gasteiger partial charge in [0, 0.05) is 37.0 Å². The van der Waals surface area contributed by atoms with Gasteiger partial charge in [0.05, 0.1) is 12.1 Å². The molecular formula is C15H19N3O. The Morgan fingerprint density at radius 3 is 2.79 bits per heavy atom. The summed E-state index contributed by atoms with van der Waals surface area (Å²) in [6, 6.07) is 4.03. The zero-order chi connectivity index (χ0) is 12.7. The van der Waals surface area contributed by atoms with Crippen LogP contribution in [0.3, 0.4) is 0 Å². The molecular weight excluding hydrogens is 238 g/mol. The molecule has 1 saturated heterocycles. The van der Waals surface area contributed by atoms with Crippen LogP contribution in [0.4, 0.5) is 0 Å². The highest BCUT2D eigenvalue weighted by Crippen LogP contribution is 2.49. The zero-order valence-corrected chi connectivity index (χ0v) is 11.1. The highest BCUT2D eigenvalue weighted by atomic mass is 16.7. The molecule has 100 valence electrons. The molecule has 0 amide bonds. The van der Waals surface area contributed by atoms with Crippen molar-refractivity contribution >= 4 is 5.71 Å². The van der Waals surface area contributed by atoms with Gasteiger partial charge in [-0.1, -0.05) is 5.16 Å². The van der Waals surface area contributed by atoms with Crippen LogP contribution in [0.5, 0.6) is 0 Å². The van der Waals surface area contributed by atoms with Crippen LogP contribution in [-0.2, 0) is 4.84 Å². The molecule has 4 rings (SSSR count). The summed E-state index contributed by atoms with van der Waals surface area (Å²) in [6.07, 6.45) is 9.76. The topological polar surface area (TPSA) is 37.7 Å². The van der Waals surface area contributed by atoms with E-state index in [-0.39, 0.29) is 5.72 Å². The van der Waals surface area contributed by atoms with Crippen molar-refractivity contribution in [1.29, 1.82) is 0 Å². The minimum atomic E-state index is -0.137. The second-order valence-electron chi connectivity index (χ2n) is 5.86. The molecule has 19 heavy (non-hydrogen) atoms. The molecule has 0 aromatic carbocycles. The number of likely N-dealkylation sites (tertiary alicyclic amines) is 1. The fourth-order valence-electron chi connectivity index (χ4n) is 3.40. The lowest BCUT2D eigenvalue weighted by atomic mass is 9.96. The van der Waals surface area contributed by atoms with Gasteiger partial charge in [0.1, 0.15) is 0 Å². The van der Waals surface area contributed by atoms with Crippen molar-refractivity contribution in [2.75, 3.05) is 13.1 Å². The molecule has 0 bridgehead atoms. The van der Waals surface area contributed by atoms with Gasteiger partial charge in [0.2, 0.25) is 0 Å². The number of nitrogens with zero attached hydrogens (tertiary/aromatic N) is 3. The summed E-state index contributed by atoms with van der Waals surface area (Å²) in [5.74, 6) is 0.670. The van der Waals surface area contributed by atoms with Crippen molar-refractivity contribution in [3.8, 4) is 0 Å². The van der Waals surface area contributed by atoms with Crippen LogP contribution in [-0.4, -0.2) is 34.4 Å². The van der Waals surface area contributed by atoms with Gasteiger partial charge >= 0.3 is 0 Å². The van der Waals surface area contributed by atoms with Crippen LogP contribution in [0.25, 0.3) is 0 Å². The quantitative estimate of drug-likeness (QED) is 0.834. The van der Waals surface area contributed by atoms with Crippen LogP contribution in [0, 0.1) is 5.92 Å². The Kier molecular flexibility index (Phi) is 2.58. The van der Waals surface area contributed by atoms with Crippen LogP contribution >= 0.6 is 0 Å². The van der Waals surface area contributed by atoms with Crippen molar-refractivity contribution < 1.29 is 4.84 Å². The Labute approximate surface area is 113 Å². The predicted molar refractivity (Wildman–Crippen MR) is 72.7 cm³/mol. The summed E-state index contributed by atoms with van der Waals surface area (Å²) in [7, 11) is 0. The van der Waals surface area contributed by atoms with Crippen molar-refractivity contribution in [3.05, 3.63) is 30.1 Å². The summed E-state index contributed by atoms with van der Waals surface area (Å²) in [5, 5.41) is 4.40. The first-order valence-corrected chi connectivity index (χ1v) is 7.29. The second-order valence-corrected chi connectivity index (χ2v) is 5.86. The van der Waals surface area contributed by atoms with Gasteiger partial charge in [-0.3, -0.25) is 9.88 Å². The van der Waals surface area contributed by atoms with E-state index >= 15 is 0 Å². The highest BCUT2D eigenvalue weighted by molar-refractivity contribution is 6.01. The molecule has 1 saturated carbocycles. The SMILES string of the molecule is c1cncc(C2=NOC(C3CC3)(N3CCCC3)C2)c1. The lowest BCUT2D eigenvalue weighted by Gasteiger charge is -2.36. The Balaban J connectivity index is 1.60. The average molecular weight is 257 g/mol. The van der Waals surface area contributed by atoms with Crippen molar-refractivity contribution in [1.82, 2.24) is 9.88 Å². The third-order valence-corrected chi connectivity index (χ3v) is 4.59. The van der Waals surface area contributed by atoms with E-state index in [0.29, 0.717) is 5.92 Å². The smallest absolute Gasteiger partial charge is 0.199 e. The Morgan fingerprint density at radius 1 is 1.26 bits per heavy atom. The molecule has 1 unspecified atom stereocenters. The highest BCUT2D eigenvalue weighted by Gasteiger charge is 2.55. The monoisotopic (exact) mass is 257 g/mol. The molecule has 2 fully saturated rings. The van der Waals surface area contributed by atoms with E-state index in [0.717, 1.165) is 30.8 Å². The van der Waals surface area contributed by atoms with Crippen LogP contribution < -0.4 is 0 Å². The third-order valence-electron chi connectivity index (χ3n) is 4.59. The normalized spacial score (nSPS) is 31.3. The largest absolute Gasteiger partial charge is 0.372 e. The standard InChI is InChI=1S/C15H19N3O/c1-2-9-18(8-1)15(13-5-6-13)10-14(17-19-15)12-4-3-7-16-11-12/h3-4,7,11,13H,1-2,5-6,8-10H2. The van der Waals surface area contributed by atoms with Gasteiger partial charge in [-0.05, 0) is 37.8 Å². The molecule has 4 heteroatoms. The first kappa shape index (κ1) is 11.4. The lowest BCUT2D eigenvalue weighted by Crippen LogP contribution is -2.49. The number of pyridine rings is 1. The fraction of sp³-hybridized carbons (Fsp3) is 0.600. The van der Waals surface area contributed by atoms with E-state index in [1.165, 1.54) is 25.7 Å². The first-order chi connectivity index (χ1) is 9.38. The lowest BCUT2D eigenvalue weighted by molar-refractivity contribution is -0.144. The van der Waals surface area contributed by atoms with Gasteiger partial charge in [-0.25, -0.2) is 0 Å². The van der Waals surface area contributed by atoms with Crippen LogP contribution in [0.15, 0.2) is 29.7 Å². The Hall–Kier alpha value is -1.42. The molecule has 3 heterocycles. The molecule has 1 aromatic heterocycles. The summed E-state index contributed by atoms with van der Waals surface area (Å²) in [5.41, 5.74) is 2.03. The minimum absolute atomic E-state index is 0.137. The third kappa shape index (κ3) is 1.86. The number of hydrogen-bond acceptors (Lipinski definition) is 4. The van der Waals surface area contributed by atoms with Crippen molar-refractivity contribution in [2.45, 2.75) is 37.8 Å². The number of aromatic nitrogens is 1. The Bertz CT molecular complexity index is 491. The molecule has 4 nitrogen and oxygen atoms in total. The van der Waals surface area contributed by atoms with Gasteiger partial charge in [-0.15, -0.1) is 0 Å². The molecule has 0 radical (unpaired) electrons. The van der Waals surface area contributed by atoms with Gasteiger partial charge in [0.15, 0.2) is 5.72 Å². The van der Waals surface area contributed by atoms with E-state index < -0.39 is 0 Å². The van der Waals surface area contributed by atoms with Gasteiger partial charge < -0.3 is 4.84 Å². The average Bonchev–Trinajstić information content (AvgIpc) is 3.02. The molecule has 0 spiro atoms. The summed E-state index contributed by atoms with van der Waals surface area (Å²) in [6.45, 7) is 2.32. The molecule has 1 aliphatic carbocycles. The number of hydrogen-bond donors (Lipinski definition) is 0. The molecule has 3 aliphatic rings. The van der Waals surface area contributed by atoms with Crippen LogP contribution in [0.2, 0.25) is 0 Å². The molecule has 1 atom stereocenters. The van der Waals surface area contributed by atoms with Crippen molar-refractivity contribution in [2.24, 2.45) is 11.1 Å². The maximum Gasteiger partial charge on any atom is 0.199 e. The predicted octanol–water partition coefficient (Wildman–Crippen LogP) is 2.41. The number of oxime groups is 1. The van der Waals surface area contributed by atoms with E-state index in [1.807, 2.05) is 12.3 Å². The van der Waals surface area contributed by atoms with E-state index in [4.69, 9.17) is 4.84 Å². The number of rotatable bonds is 3. The summed E-state index contributed by atoms with van der Waals surface area (Å²) < 4.78 is 0. The summed E-state index contributed by atoms with van der Waals surface area (Å²) in [4.78, 5) is 12.7. The van der Waals surface area contributed by atoms with Gasteiger partial charge in [-0.2, -0.15) is 0 Å². The Morgan fingerprint density at radius 2 is 2.11 bits per heavy atom. The van der Waals surface area contributed by atoms with E-state index in [1.54, 1.807) is 6.20 Å². The first-order valence-electron chi connectivity index (χ1n) is 7.29. The second kappa shape index (κ2) is 4.30. The molecule has 0 N–H and O–H groups in total.